The summed E-state index contributed by atoms with van der Waals surface area (Å²) in [6.45, 7) is 9.50. The zero-order valence-electron chi connectivity index (χ0n) is 35.0. The molecule has 3 aliphatic rings. The number of anilines is 3. The predicted molar refractivity (Wildman–Crippen MR) is 252 cm³/mol. The number of fused-ring (bicyclic) bond motifs is 10. The van der Waals surface area contributed by atoms with Crippen molar-refractivity contribution in [1.29, 1.82) is 0 Å². The van der Waals surface area contributed by atoms with Gasteiger partial charge in [0.05, 0.1) is 11.4 Å². The molecule has 2 nitrogen and oxygen atoms in total. The molecule has 1 saturated carbocycles. The minimum absolute atomic E-state index is 0.0949. The number of hydrogen-bond acceptors (Lipinski definition) is 2. The van der Waals surface area contributed by atoms with Crippen molar-refractivity contribution in [2.75, 3.05) is 4.90 Å². The molecule has 0 amide bonds. The Morgan fingerprint density at radius 3 is 1.93 bits per heavy atom. The van der Waals surface area contributed by atoms with Gasteiger partial charge in [0.1, 0.15) is 5.58 Å². The van der Waals surface area contributed by atoms with Gasteiger partial charge < -0.3 is 9.32 Å². The third-order valence-electron chi connectivity index (χ3n) is 14.7. The summed E-state index contributed by atoms with van der Waals surface area (Å²) in [5.74, 6) is 0.524. The molecule has 1 fully saturated rings. The molecule has 9 aromatic rings. The molecular formula is C58H49NO. The van der Waals surface area contributed by atoms with Crippen molar-refractivity contribution < 1.29 is 4.42 Å². The van der Waals surface area contributed by atoms with Gasteiger partial charge in [0, 0.05) is 38.2 Å². The van der Waals surface area contributed by atoms with Gasteiger partial charge >= 0.3 is 0 Å². The van der Waals surface area contributed by atoms with Crippen LogP contribution in [0.2, 0.25) is 0 Å². The second-order valence-electron chi connectivity index (χ2n) is 18.7. The minimum Gasteiger partial charge on any atom is -0.454 e. The molecule has 0 aliphatic heterocycles. The molecule has 0 spiro atoms. The third-order valence-corrected chi connectivity index (χ3v) is 14.7. The third kappa shape index (κ3) is 5.06. The Bertz CT molecular complexity index is 3210. The van der Waals surface area contributed by atoms with E-state index in [0.717, 1.165) is 22.5 Å². The van der Waals surface area contributed by atoms with Crippen LogP contribution in [0.3, 0.4) is 0 Å². The summed E-state index contributed by atoms with van der Waals surface area (Å²) >= 11 is 0. The summed E-state index contributed by atoms with van der Waals surface area (Å²) in [5, 5.41) is 4.90. The van der Waals surface area contributed by atoms with Crippen molar-refractivity contribution >= 4 is 49.8 Å². The minimum atomic E-state index is -0.117. The summed E-state index contributed by atoms with van der Waals surface area (Å²) in [4.78, 5) is 2.55. The molecule has 1 heterocycles. The topological polar surface area (TPSA) is 16.4 Å². The van der Waals surface area contributed by atoms with E-state index in [2.05, 4.69) is 190 Å². The molecule has 0 unspecified atom stereocenters. The van der Waals surface area contributed by atoms with Crippen molar-refractivity contribution in [3.8, 4) is 33.4 Å². The van der Waals surface area contributed by atoms with Crippen molar-refractivity contribution in [2.45, 2.75) is 76.5 Å². The van der Waals surface area contributed by atoms with Crippen LogP contribution >= 0.6 is 0 Å². The van der Waals surface area contributed by atoms with Crippen LogP contribution in [0.15, 0.2) is 162 Å². The van der Waals surface area contributed by atoms with Crippen LogP contribution in [0.4, 0.5) is 17.1 Å². The maximum absolute atomic E-state index is 7.16. The molecule has 12 rings (SSSR count). The van der Waals surface area contributed by atoms with Crippen molar-refractivity contribution in [3.63, 3.8) is 0 Å². The lowest BCUT2D eigenvalue weighted by Crippen LogP contribution is -2.16. The average Bonchev–Trinajstić information content (AvgIpc) is 3.87. The molecule has 0 bridgehead atoms. The largest absolute Gasteiger partial charge is 0.454 e. The second-order valence-corrected chi connectivity index (χ2v) is 18.7. The number of benzene rings is 8. The SMILES string of the molecule is CC1(C)c2ccccc2-c2cc(N(c3c(-c4ccc5c(c4)C(C)(C)c4ccccc4-5)ccc4ccccc34)c3ccc(C4CCCCC4)c4c3oc3ccccc34)ccc21. The number of furan rings is 1. The number of hydrogen-bond donors (Lipinski definition) is 0. The van der Waals surface area contributed by atoms with Gasteiger partial charge in [0.25, 0.3) is 0 Å². The lowest BCUT2D eigenvalue weighted by Gasteiger charge is -2.31. The monoisotopic (exact) mass is 775 g/mol. The molecule has 0 atom stereocenters. The number of rotatable bonds is 5. The fourth-order valence-electron chi connectivity index (χ4n) is 11.6. The van der Waals surface area contributed by atoms with Gasteiger partial charge in [-0.2, -0.15) is 0 Å². The van der Waals surface area contributed by atoms with Crippen LogP contribution < -0.4 is 4.90 Å². The van der Waals surface area contributed by atoms with E-state index in [1.807, 2.05) is 0 Å². The van der Waals surface area contributed by atoms with Gasteiger partial charge in [0.15, 0.2) is 5.58 Å². The van der Waals surface area contributed by atoms with Crippen LogP contribution in [0.25, 0.3) is 66.1 Å². The van der Waals surface area contributed by atoms with Gasteiger partial charge in [-0.25, -0.2) is 0 Å². The quantitative estimate of drug-likeness (QED) is 0.173. The highest BCUT2D eigenvalue weighted by Crippen LogP contribution is 2.55. The molecule has 2 heteroatoms. The van der Waals surface area contributed by atoms with E-state index in [-0.39, 0.29) is 10.8 Å². The zero-order valence-corrected chi connectivity index (χ0v) is 35.0. The normalized spacial score (nSPS) is 16.2. The van der Waals surface area contributed by atoms with E-state index in [9.17, 15) is 0 Å². The van der Waals surface area contributed by atoms with E-state index in [1.165, 1.54) is 121 Å². The fraction of sp³-hybridized carbons (Fsp3) is 0.207. The van der Waals surface area contributed by atoms with Gasteiger partial charge in [-0.05, 0) is 110 Å². The lowest BCUT2D eigenvalue weighted by atomic mass is 9.81. The molecule has 60 heavy (non-hydrogen) atoms. The highest BCUT2D eigenvalue weighted by molar-refractivity contribution is 6.15. The van der Waals surface area contributed by atoms with Gasteiger partial charge in [0.2, 0.25) is 0 Å². The van der Waals surface area contributed by atoms with Crippen molar-refractivity contribution in [3.05, 3.63) is 186 Å². The first-order valence-electron chi connectivity index (χ1n) is 22.0. The van der Waals surface area contributed by atoms with E-state index >= 15 is 0 Å². The van der Waals surface area contributed by atoms with Gasteiger partial charge in [-0.3, -0.25) is 0 Å². The van der Waals surface area contributed by atoms with Crippen LogP contribution in [0.5, 0.6) is 0 Å². The number of para-hydroxylation sites is 1. The first-order chi connectivity index (χ1) is 29.3. The Kier molecular flexibility index (Phi) is 7.74. The lowest BCUT2D eigenvalue weighted by molar-refractivity contribution is 0.445. The van der Waals surface area contributed by atoms with E-state index < -0.39 is 0 Å². The van der Waals surface area contributed by atoms with E-state index in [0.29, 0.717) is 5.92 Å². The van der Waals surface area contributed by atoms with E-state index in [4.69, 9.17) is 4.42 Å². The first-order valence-corrected chi connectivity index (χ1v) is 22.0. The average molecular weight is 776 g/mol. The fourth-order valence-corrected chi connectivity index (χ4v) is 11.6. The Morgan fingerprint density at radius 2 is 1.13 bits per heavy atom. The summed E-state index contributed by atoms with van der Waals surface area (Å²) in [7, 11) is 0. The summed E-state index contributed by atoms with van der Waals surface area (Å²) in [5.41, 5.74) is 19.7. The molecule has 0 N–H and O–H groups in total. The second kappa shape index (κ2) is 13.1. The van der Waals surface area contributed by atoms with Crippen LogP contribution in [0.1, 0.15) is 93.5 Å². The first kappa shape index (κ1) is 35.6. The molecule has 0 radical (unpaired) electrons. The molecule has 8 aromatic carbocycles. The van der Waals surface area contributed by atoms with Crippen LogP contribution in [-0.4, -0.2) is 0 Å². The summed E-state index contributed by atoms with van der Waals surface area (Å²) < 4.78 is 7.16. The molecule has 292 valence electrons. The van der Waals surface area contributed by atoms with Gasteiger partial charge in [-0.15, -0.1) is 0 Å². The molecular weight excluding hydrogens is 727 g/mol. The summed E-state index contributed by atoms with van der Waals surface area (Å²) in [6.07, 6.45) is 6.34. The maximum Gasteiger partial charge on any atom is 0.159 e. The van der Waals surface area contributed by atoms with Gasteiger partial charge in [-0.1, -0.05) is 174 Å². The van der Waals surface area contributed by atoms with Crippen molar-refractivity contribution in [1.82, 2.24) is 0 Å². The van der Waals surface area contributed by atoms with E-state index in [1.54, 1.807) is 0 Å². The number of nitrogens with zero attached hydrogens (tertiary/aromatic N) is 1. The smallest absolute Gasteiger partial charge is 0.159 e. The standard InChI is InChI=1S/C58H49NO/c1-57(2)49-24-14-11-21-44(49)47-35-39(28-32-50(47)57)59(52-33-31-40(36-16-6-5-7-17-36)54-46-22-12-15-25-53(46)60-56(52)54)55-41-19-9-8-18-37(41)26-29-42(55)38-27-30-45-43-20-10-13-23-48(43)58(3,4)51(45)34-38/h8-15,18-36H,5-7,16-17H2,1-4H3. The Morgan fingerprint density at radius 1 is 0.500 bits per heavy atom. The summed E-state index contributed by atoms with van der Waals surface area (Å²) in [6, 6.07) is 59.5. The van der Waals surface area contributed by atoms with Crippen molar-refractivity contribution in [2.24, 2.45) is 0 Å². The Hall–Kier alpha value is -6.38. The Balaban J connectivity index is 1.17. The highest BCUT2D eigenvalue weighted by atomic mass is 16.3. The molecule has 3 aliphatic carbocycles. The Labute approximate surface area is 353 Å². The zero-order chi connectivity index (χ0) is 40.3. The predicted octanol–water partition coefficient (Wildman–Crippen LogP) is 16.5. The highest BCUT2D eigenvalue weighted by Gasteiger charge is 2.38. The van der Waals surface area contributed by atoms with Crippen LogP contribution in [-0.2, 0) is 10.8 Å². The molecule has 1 aromatic heterocycles. The molecule has 0 saturated heterocycles. The van der Waals surface area contributed by atoms with Crippen LogP contribution in [0, 0.1) is 0 Å². The maximum atomic E-state index is 7.16.